The third kappa shape index (κ3) is 6.73. The van der Waals surface area contributed by atoms with Crippen LogP contribution in [-0.2, 0) is 0 Å². The first-order valence-electron chi connectivity index (χ1n) is 12.3. The van der Waals surface area contributed by atoms with E-state index in [1.807, 2.05) is 0 Å². The predicted molar refractivity (Wildman–Crippen MR) is 132 cm³/mol. The van der Waals surface area contributed by atoms with Crippen LogP contribution in [0, 0.1) is 0 Å². The van der Waals surface area contributed by atoms with Gasteiger partial charge < -0.3 is 0 Å². The summed E-state index contributed by atoms with van der Waals surface area (Å²) in [5.74, 6) is 0.674. The van der Waals surface area contributed by atoms with Crippen LogP contribution in [0.4, 0.5) is 0 Å². The Hall–Kier alpha value is -1.56. The fourth-order valence-electron chi connectivity index (χ4n) is 4.77. The van der Waals surface area contributed by atoms with Gasteiger partial charge >= 0.3 is 0 Å². The summed E-state index contributed by atoms with van der Waals surface area (Å²) in [5, 5.41) is 0. The minimum atomic E-state index is 0.674. The highest BCUT2D eigenvalue weighted by Gasteiger charge is 2.25. The van der Waals surface area contributed by atoms with E-state index in [-0.39, 0.29) is 0 Å². The highest BCUT2D eigenvalue weighted by atomic mass is 14.3. The molecule has 0 bridgehead atoms. The largest absolute Gasteiger partial charge is 0.0955 e. The standard InChI is InChI=1S/C29H44/c1-6-9-11-12-13-14-15-18-25-21-22-28(24(8-3)17-10-7-2)29-26(23(4)5)19-16-20-27(25)29/h8,16,19-20,22,25H,4,6-7,9-15,17-18,21H2,1-3,5H3. The van der Waals surface area contributed by atoms with E-state index in [0.717, 1.165) is 0 Å². The van der Waals surface area contributed by atoms with E-state index in [0.29, 0.717) is 5.92 Å². The van der Waals surface area contributed by atoms with E-state index < -0.39 is 0 Å². The fourth-order valence-corrected chi connectivity index (χ4v) is 4.77. The van der Waals surface area contributed by atoms with Crippen LogP contribution in [0.1, 0.15) is 127 Å². The SMILES string of the molecule is C=C(C)c1cccc2c1C(C(=CC)CCCC)=CCC2CCCCCCCCC. The van der Waals surface area contributed by atoms with E-state index in [4.69, 9.17) is 0 Å². The quantitative estimate of drug-likeness (QED) is 0.293. The molecule has 0 aliphatic heterocycles. The number of allylic oxidation sites excluding steroid dienone is 5. The lowest BCUT2D eigenvalue weighted by Gasteiger charge is -2.29. The minimum Gasteiger partial charge on any atom is -0.0955 e. The molecule has 0 amide bonds. The van der Waals surface area contributed by atoms with E-state index in [2.05, 4.69) is 64.6 Å². The van der Waals surface area contributed by atoms with Gasteiger partial charge in [0.1, 0.15) is 0 Å². The topological polar surface area (TPSA) is 0 Å². The van der Waals surface area contributed by atoms with E-state index in [9.17, 15) is 0 Å². The molecule has 0 fully saturated rings. The highest BCUT2D eigenvalue weighted by Crippen LogP contribution is 2.44. The van der Waals surface area contributed by atoms with Gasteiger partial charge in [0, 0.05) is 0 Å². The van der Waals surface area contributed by atoms with E-state index in [1.165, 1.54) is 105 Å². The van der Waals surface area contributed by atoms with Crippen LogP contribution < -0.4 is 0 Å². The zero-order valence-corrected chi connectivity index (χ0v) is 19.7. The fraction of sp³-hybridized carbons (Fsp3) is 0.586. The highest BCUT2D eigenvalue weighted by molar-refractivity contribution is 5.88. The number of unbranched alkanes of at least 4 members (excludes halogenated alkanes) is 7. The van der Waals surface area contributed by atoms with Gasteiger partial charge in [0.05, 0.1) is 0 Å². The first kappa shape index (κ1) is 23.7. The van der Waals surface area contributed by atoms with Gasteiger partial charge in [-0.2, -0.15) is 0 Å². The lowest BCUT2D eigenvalue weighted by atomic mass is 9.75. The summed E-state index contributed by atoms with van der Waals surface area (Å²) < 4.78 is 0. The molecule has 0 saturated carbocycles. The van der Waals surface area contributed by atoms with Crippen molar-refractivity contribution in [3.05, 3.63) is 59.2 Å². The maximum Gasteiger partial charge on any atom is -0.00745 e. The average Bonchev–Trinajstić information content (AvgIpc) is 2.73. The Morgan fingerprint density at radius 1 is 1.00 bits per heavy atom. The van der Waals surface area contributed by atoms with Crippen molar-refractivity contribution in [2.24, 2.45) is 0 Å². The van der Waals surface area contributed by atoms with Crippen LogP contribution in [0.2, 0.25) is 0 Å². The van der Waals surface area contributed by atoms with Gasteiger partial charge in [-0.3, -0.25) is 0 Å². The Labute approximate surface area is 181 Å². The number of rotatable bonds is 13. The summed E-state index contributed by atoms with van der Waals surface area (Å²) in [7, 11) is 0. The molecule has 2 rings (SSSR count). The Kier molecular flexibility index (Phi) is 10.5. The zero-order valence-electron chi connectivity index (χ0n) is 19.7. The number of hydrogen-bond donors (Lipinski definition) is 0. The summed E-state index contributed by atoms with van der Waals surface area (Å²) >= 11 is 0. The van der Waals surface area contributed by atoms with Crippen LogP contribution in [0.5, 0.6) is 0 Å². The summed E-state index contributed by atoms with van der Waals surface area (Å²) in [6, 6.07) is 6.93. The van der Waals surface area contributed by atoms with Crippen molar-refractivity contribution >= 4 is 11.1 Å². The summed E-state index contributed by atoms with van der Waals surface area (Å²) in [5.41, 5.74) is 8.62. The average molecular weight is 393 g/mol. The predicted octanol–water partition coefficient (Wildman–Crippen LogP) is 9.87. The van der Waals surface area contributed by atoms with Gasteiger partial charge in [-0.25, -0.2) is 0 Å². The molecule has 0 heteroatoms. The molecule has 0 aromatic heterocycles. The van der Waals surface area contributed by atoms with Crippen molar-refractivity contribution in [3.8, 4) is 0 Å². The molecule has 1 atom stereocenters. The van der Waals surface area contributed by atoms with Crippen LogP contribution in [0.15, 0.2) is 42.5 Å². The molecule has 0 radical (unpaired) electrons. The van der Waals surface area contributed by atoms with Gasteiger partial charge in [-0.1, -0.05) is 108 Å². The molecule has 29 heavy (non-hydrogen) atoms. The normalized spacial score (nSPS) is 16.5. The van der Waals surface area contributed by atoms with Crippen LogP contribution >= 0.6 is 0 Å². The monoisotopic (exact) mass is 392 g/mol. The maximum atomic E-state index is 4.30. The van der Waals surface area contributed by atoms with Crippen LogP contribution in [0.25, 0.3) is 11.1 Å². The van der Waals surface area contributed by atoms with E-state index in [1.54, 1.807) is 5.56 Å². The molecule has 1 unspecified atom stereocenters. The zero-order chi connectivity index (χ0) is 21.1. The van der Waals surface area contributed by atoms with Crippen molar-refractivity contribution in [2.75, 3.05) is 0 Å². The molecule has 0 heterocycles. The molecule has 1 aliphatic rings. The summed E-state index contributed by atoms with van der Waals surface area (Å²) in [4.78, 5) is 0. The summed E-state index contributed by atoms with van der Waals surface area (Å²) in [6.07, 6.45) is 20.9. The molecule has 0 spiro atoms. The van der Waals surface area contributed by atoms with Crippen molar-refractivity contribution in [3.63, 3.8) is 0 Å². The second-order valence-corrected chi connectivity index (χ2v) is 8.93. The smallest absolute Gasteiger partial charge is 0.00745 e. The third-order valence-corrected chi connectivity index (χ3v) is 6.52. The van der Waals surface area contributed by atoms with Gasteiger partial charge in [-0.15, -0.1) is 0 Å². The van der Waals surface area contributed by atoms with Gasteiger partial charge in [0.2, 0.25) is 0 Å². The van der Waals surface area contributed by atoms with E-state index >= 15 is 0 Å². The molecule has 1 aromatic rings. The number of fused-ring (bicyclic) bond motifs is 1. The lowest BCUT2D eigenvalue weighted by molar-refractivity contribution is 0.533. The van der Waals surface area contributed by atoms with Crippen molar-refractivity contribution < 1.29 is 0 Å². The molecule has 0 nitrogen and oxygen atoms in total. The number of benzene rings is 1. The maximum absolute atomic E-state index is 4.30. The first-order valence-corrected chi connectivity index (χ1v) is 12.3. The molecular weight excluding hydrogens is 348 g/mol. The lowest BCUT2D eigenvalue weighted by Crippen LogP contribution is -2.11. The Bertz CT molecular complexity index is 701. The second kappa shape index (κ2) is 12.9. The molecule has 0 N–H and O–H groups in total. The Balaban J connectivity index is 2.16. The van der Waals surface area contributed by atoms with Gasteiger partial charge in [0.15, 0.2) is 0 Å². The molecule has 1 aliphatic carbocycles. The Morgan fingerprint density at radius 2 is 1.69 bits per heavy atom. The van der Waals surface area contributed by atoms with Crippen molar-refractivity contribution in [2.45, 2.75) is 111 Å². The van der Waals surface area contributed by atoms with Crippen molar-refractivity contribution in [1.29, 1.82) is 0 Å². The molecule has 160 valence electrons. The number of hydrogen-bond acceptors (Lipinski definition) is 0. The van der Waals surface area contributed by atoms with Crippen LogP contribution in [-0.4, -0.2) is 0 Å². The second-order valence-electron chi connectivity index (χ2n) is 8.93. The third-order valence-electron chi connectivity index (χ3n) is 6.52. The van der Waals surface area contributed by atoms with Gasteiger partial charge in [-0.05, 0) is 73.3 Å². The molecular formula is C29H44. The van der Waals surface area contributed by atoms with Crippen LogP contribution in [0.3, 0.4) is 0 Å². The van der Waals surface area contributed by atoms with Crippen molar-refractivity contribution in [1.82, 2.24) is 0 Å². The first-order chi connectivity index (χ1) is 14.1. The van der Waals surface area contributed by atoms with Gasteiger partial charge in [0.25, 0.3) is 0 Å². The summed E-state index contributed by atoms with van der Waals surface area (Å²) in [6.45, 7) is 13.3. The Morgan fingerprint density at radius 3 is 2.34 bits per heavy atom. The minimum absolute atomic E-state index is 0.674. The molecule has 0 saturated heterocycles. The molecule has 1 aromatic carbocycles.